The molecule has 21 heavy (non-hydrogen) atoms. The lowest BCUT2D eigenvalue weighted by atomic mass is 9.75. The number of nitrogens with zero attached hydrogens (tertiary/aromatic N) is 2. The van der Waals surface area contributed by atoms with Crippen LogP contribution in [0.2, 0.25) is 0 Å². The fourth-order valence-electron chi connectivity index (χ4n) is 3.08. The maximum absolute atomic E-state index is 4.92. The normalized spacial score (nSPS) is 13.2. The Morgan fingerprint density at radius 3 is 1.67 bits per heavy atom. The Labute approximate surface area is 129 Å². The van der Waals surface area contributed by atoms with E-state index in [0.717, 1.165) is 5.82 Å². The second-order valence-corrected chi connectivity index (χ2v) is 8.00. The third-order valence-electron chi connectivity index (χ3n) is 5.84. The Bertz CT molecular complexity index is 710. The smallest absolute Gasteiger partial charge is 0.107 e. The fourth-order valence-corrected chi connectivity index (χ4v) is 3.08. The van der Waals surface area contributed by atoms with Gasteiger partial charge in [-0.25, -0.2) is 4.98 Å². The number of hydrogen-bond donors (Lipinski definition) is 0. The standard InChI is InChI=1S/C19H30N2/c1-11-12(2)14(4)17-16(13(11)3)20-15(5)21(17)19(9,10)18(6,7)8/h1-10H3. The van der Waals surface area contributed by atoms with Gasteiger partial charge >= 0.3 is 0 Å². The second kappa shape index (κ2) is 4.59. The third-order valence-corrected chi connectivity index (χ3v) is 5.84. The van der Waals surface area contributed by atoms with E-state index in [1.54, 1.807) is 0 Å². The van der Waals surface area contributed by atoms with Crippen molar-refractivity contribution in [3.05, 3.63) is 28.1 Å². The molecule has 0 N–H and O–H groups in total. The summed E-state index contributed by atoms with van der Waals surface area (Å²) in [5.74, 6) is 1.11. The second-order valence-electron chi connectivity index (χ2n) is 8.00. The minimum absolute atomic E-state index is 0.00469. The van der Waals surface area contributed by atoms with Crippen LogP contribution in [0.5, 0.6) is 0 Å². The van der Waals surface area contributed by atoms with E-state index >= 15 is 0 Å². The van der Waals surface area contributed by atoms with E-state index in [0.29, 0.717) is 0 Å². The summed E-state index contributed by atoms with van der Waals surface area (Å²) < 4.78 is 2.46. The first-order valence-electron chi connectivity index (χ1n) is 7.87. The first kappa shape index (κ1) is 16.1. The topological polar surface area (TPSA) is 17.8 Å². The average molecular weight is 286 g/mol. The summed E-state index contributed by atoms with van der Waals surface area (Å²) in [4.78, 5) is 4.92. The zero-order chi connectivity index (χ0) is 16.3. The van der Waals surface area contributed by atoms with Crippen LogP contribution in [0.15, 0.2) is 0 Å². The average Bonchev–Trinajstić information content (AvgIpc) is 2.70. The molecule has 0 atom stereocenters. The van der Waals surface area contributed by atoms with Gasteiger partial charge in [0.05, 0.1) is 11.0 Å². The van der Waals surface area contributed by atoms with Gasteiger partial charge in [0.1, 0.15) is 5.82 Å². The van der Waals surface area contributed by atoms with Gasteiger partial charge in [0.2, 0.25) is 0 Å². The van der Waals surface area contributed by atoms with Crippen LogP contribution < -0.4 is 0 Å². The van der Waals surface area contributed by atoms with Crippen molar-refractivity contribution in [2.75, 3.05) is 0 Å². The Balaban J connectivity index is 3.00. The van der Waals surface area contributed by atoms with Gasteiger partial charge in [0, 0.05) is 5.54 Å². The van der Waals surface area contributed by atoms with Crippen LogP contribution in [-0.4, -0.2) is 9.55 Å². The third kappa shape index (κ3) is 2.11. The molecule has 116 valence electrons. The maximum atomic E-state index is 4.92. The molecule has 0 aliphatic heterocycles. The zero-order valence-corrected chi connectivity index (χ0v) is 15.4. The van der Waals surface area contributed by atoms with Crippen molar-refractivity contribution in [1.82, 2.24) is 9.55 Å². The van der Waals surface area contributed by atoms with Crippen molar-refractivity contribution < 1.29 is 0 Å². The van der Waals surface area contributed by atoms with Gasteiger partial charge < -0.3 is 4.57 Å². The molecular weight excluding hydrogens is 256 g/mol. The molecule has 1 aromatic heterocycles. The van der Waals surface area contributed by atoms with E-state index in [1.807, 2.05) is 0 Å². The largest absolute Gasteiger partial charge is 0.322 e. The lowest BCUT2D eigenvalue weighted by molar-refractivity contribution is 0.142. The van der Waals surface area contributed by atoms with E-state index in [4.69, 9.17) is 4.98 Å². The molecule has 2 aromatic rings. The van der Waals surface area contributed by atoms with Crippen LogP contribution in [-0.2, 0) is 5.54 Å². The van der Waals surface area contributed by atoms with Crippen molar-refractivity contribution in [3.63, 3.8) is 0 Å². The van der Waals surface area contributed by atoms with Gasteiger partial charge in [-0.1, -0.05) is 20.8 Å². The number of fused-ring (bicyclic) bond motifs is 1. The van der Waals surface area contributed by atoms with E-state index in [1.165, 1.54) is 33.3 Å². The van der Waals surface area contributed by atoms with Gasteiger partial charge in [-0.15, -0.1) is 0 Å². The molecule has 0 spiro atoms. The lowest BCUT2D eigenvalue weighted by Crippen LogP contribution is -2.40. The first-order valence-corrected chi connectivity index (χ1v) is 7.87. The highest BCUT2D eigenvalue weighted by Gasteiger charge is 2.37. The molecule has 0 saturated heterocycles. The molecule has 1 heterocycles. The Kier molecular flexibility index (Phi) is 3.51. The van der Waals surface area contributed by atoms with Gasteiger partial charge in [0.15, 0.2) is 0 Å². The number of hydrogen-bond acceptors (Lipinski definition) is 1. The predicted molar refractivity (Wildman–Crippen MR) is 92.2 cm³/mol. The van der Waals surface area contributed by atoms with Gasteiger partial charge in [-0.3, -0.25) is 0 Å². The maximum Gasteiger partial charge on any atom is 0.107 e. The SMILES string of the molecule is Cc1c(C)c(C)c2c(nc(C)n2C(C)(C)C(C)(C)C)c1C. The van der Waals surface area contributed by atoms with Gasteiger partial charge in [0.25, 0.3) is 0 Å². The Morgan fingerprint density at radius 2 is 1.19 bits per heavy atom. The number of aryl methyl sites for hydroxylation is 3. The van der Waals surface area contributed by atoms with Gasteiger partial charge in [-0.05, 0) is 76.1 Å². The van der Waals surface area contributed by atoms with Crippen LogP contribution in [0.4, 0.5) is 0 Å². The summed E-state index contributed by atoms with van der Waals surface area (Å²) in [6, 6.07) is 0. The fraction of sp³-hybridized carbons (Fsp3) is 0.632. The van der Waals surface area contributed by atoms with Crippen LogP contribution in [0.25, 0.3) is 11.0 Å². The summed E-state index contributed by atoms with van der Waals surface area (Å²) >= 11 is 0. The van der Waals surface area contributed by atoms with E-state index in [-0.39, 0.29) is 11.0 Å². The van der Waals surface area contributed by atoms with Gasteiger partial charge in [-0.2, -0.15) is 0 Å². The highest BCUT2D eigenvalue weighted by Crippen LogP contribution is 2.41. The predicted octanol–water partition coefficient (Wildman–Crippen LogP) is 5.36. The summed E-state index contributed by atoms with van der Waals surface area (Å²) in [5, 5.41) is 0. The molecule has 0 fully saturated rings. The molecule has 2 nitrogen and oxygen atoms in total. The number of benzene rings is 1. The highest BCUT2D eigenvalue weighted by molar-refractivity contribution is 5.85. The van der Waals surface area contributed by atoms with Crippen LogP contribution in [0.1, 0.15) is 62.7 Å². The highest BCUT2D eigenvalue weighted by atomic mass is 15.1. The first-order chi connectivity index (χ1) is 9.41. The van der Waals surface area contributed by atoms with Crippen molar-refractivity contribution in [3.8, 4) is 0 Å². The van der Waals surface area contributed by atoms with Crippen molar-refractivity contribution in [2.45, 2.75) is 74.8 Å². The quantitative estimate of drug-likeness (QED) is 0.690. The molecule has 0 aliphatic rings. The summed E-state index contributed by atoms with van der Waals surface area (Å²) in [7, 11) is 0. The molecule has 2 rings (SSSR count). The molecule has 0 bridgehead atoms. The summed E-state index contributed by atoms with van der Waals surface area (Å²) in [5.41, 5.74) is 8.10. The molecule has 0 aliphatic carbocycles. The van der Waals surface area contributed by atoms with Crippen molar-refractivity contribution in [1.29, 1.82) is 0 Å². The van der Waals surface area contributed by atoms with E-state index in [9.17, 15) is 0 Å². The zero-order valence-electron chi connectivity index (χ0n) is 15.4. The van der Waals surface area contributed by atoms with Crippen molar-refractivity contribution in [2.24, 2.45) is 5.41 Å². The van der Waals surface area contributed by atoms with Crippen LogP contribution in [0, 0.1) is 40.0 Å². The van der Waals surface area contributed by atoms with Crippen LogP contribution >= 0.6 is 0 Å². The molecule has 2 heteroatoms. The minimum Gasteiger partial charge on any atom is -0.322 e. The monoisotopic (exact) mass is 286 g/mol. The molecule has 1 aromatic carbocycles. The molecule has 0 saturated carbocycles. The minimum atomic E-state index is 0.00469. The lowest BCUT2D eigenvalue weighted by Gasteiger charge is -2.41. The number of rotatable bonds is 1. The number of aromatic nitrogens is 2. The van der Waals surface area contributed by atoms with E-state index in [2.05, 4.69) is 73.8 Å². The van der Waals surface area contributed by atoms with E-state index < -0.39 is 0 Å². The molecule has 0 radical (unpaired) electrons. The summed E-state index contributed by atoms with van der Waals surface area (Å²) in [6.07, 6.45) is 0. The van der Waals surface area contributed by atoms with Crippen LogP contribution in [0.3, 0.4) is 0 Å². The Hall–Kier alpha value is -1.31. The molecular formula is C19H30N2. The van der Waals surface area contributed by atoms with Crippen molar-refractivity contribution >= 4 is 11.0 Å². The molecule has 0 unspecified atom stereocenters. The number of imidazole rings is 1. The Morgan fingerprint density at radius 1 is 0.714 bits per heavy atom. The summed E-state index contributed by atoms with van der Waals surface area (Å²) in [6.45, 7) is 22.6. The molecule has 0 amide bonds.